The van der Waals surface area contributed by atoms with Gasteiger partial charge in [0.05, 0.1) is 18.5 Å². The normalized spacial score (nSPS) is 13.0. The first-order valence-electron chi connectivity index (χ1n) is 9.58. The summed E-state index contributed by atoms with van der Waals surface area (Å²) in [6.45, 7) is 1.71. The molecule has 9 heteroatoms. The van der Waals surface area contributed by atoms with E-state index in [0.29, 0.717) is 29.3 Å². The van der Waals surface area contributed by atoms with Crippen LogP contribution in [0.25, 0.3) is 22.6 Å². The molecule has 2 aromatic heterocycles. The third kappa shape index (κ3) is 4.90. The monoisotopic (exact) mass is 460 g/mol. The third-order valence-corrected chi connectivity index (χ3v) is 5.35. The van der Waals surface area contributed by atoms with Crippen molar-refractivity contribution in [2.24, 2.45) is 5.73 Å². The number of aromatic nitrogens is 3. The van der Waals surface area contributed by atoms with E-state index in [1.54, 1.807) is 29.8 Å². The number of carbonyl (C=O) groups excluding carboxylic acids is 1. The second kappa shape index (κ2) is 9.51. The van der Waals surface area contributed by atoms with E-state index >= 15 is 0 Å². The van der Waals surface area contributed by atoms with Crippen LogP contribution in [0.15, 0.2) is 59.4 Å². The molecular formula is C22H22Cl2N4O3. The SMILES string of the molecule is C[C@H](O)[C@@H](CCc1cccc2oc(-c3ccc(Cl)cc3)nc12)n1cnc(C(N)=O)c1.Cl. The minimum Gasteiger partial charge on any atom is -0.436 e. The number of para-hydroxylation sites is 1. The van der Waals surface area contributed by atoms with Crippen molar-refractivity contribution in [3.05, 3.63) is 71.3 Å². The zero-order chi connectivity index (χ0) is 21.3. The number of oxazole rings is 1. The number of nitrogens with two attached hydrogens (primary N) is 1. The van der Waals surface area contributed by atoms with Gasteiger partial charge in [-0.2, -0.15) is 0 Å². The molecule has 0 bridgehead atoms. The van der Waals surface area contributed by atoms with Crippen molar-refractivity contribution >= 4 is 41.0 Å². The summed E-state index contributed by atoms with van der Waals surface area (Å²) in [6.07, 6.45) is 3.72. The van der Waals surface area contributed by atoms with E-state index in [9.17, 15) is 9.90 Å². The molecule has 0 radical (unpaired) electrons. The van der Waals surface area contributed by atoms with Gasteiger partial charge in [0.2, 0.25) is 5.89 Å². The first kappa shape index (κ1) is 22.8. The van der Waals surface area contributed by atoms with Crippen LogP contribution in [0.4, 0.5) is 0 Å². The van der Waals surface area contributed by atoms with Crippen molar-refractivity contribution < 1.29 is 14.3 Å². The average molecular weight is 461 g/mol. The molecule has 1 amide bonds. The minimum atomic E-state index is -0.638. The number of hydrogen-bond acceptors (Lipinski definition) is 5. The summed E-state index contributed by atoms with van der Waals surface area (Å²) in [5.41, 5.74) is 8.80. The van der Waals surface area contributed by atoms with E-state index < -0.39 is 12.0 Å². The van der Waals surface area contributed by atoms with Gasteiger partial charge >= 0.3 is 0 Å². The number of amides is 1. The molecule has 3 N–H and O–H groups in total. The Morgan fingerprint density at radius 1 is 1.26 bits per heavy atom. The number of aliphatic hydroxyl groups is 1. The zero-order valence-corrected chi connectivity index (χ0v) is 18.3. The Hall–Kier alpha value is -2.87. The van der Waals surface area contributed by atoms with Gasteiger partial charge in [-0.05, 0) is 55.7 Å². The van der Waals surface area contributed by atoms with Gasteiger partial charge in [-0.1, -0.05) is 23.7 Å². The number of primary amides is 1. The molecule has 0 saturated heterocycles. The standard InChI is InChI=1S/C22H21ClN4O3.ClH/c1-13(28)18(27-11-17(21(24)29)25-12-27)10-7-14-3-2-4-19-20(14)26-22(30-19)15-5-8-16(23)9-6-15;/h2-6,8-9,11-13,18,28H,7,10H2,1H3,(H2,24,29);1H/t13-,18+;/m0./s1. The summed E-state index contributed by atoms with van der Waals surface area (Å²) < 4.78 is 7.66. The highest BCUT2D eigenvalue weighted by molar-refractivity contribution is 6.30. The number of imidazole rings is 1. The Kier molecular flexibility index (Phi) is 7.00. The molecule has 0 spiro atoms. The fourth-order valence-electron chi connectivity index (χ4n) is 3.51. The highest BCUT2D eigenvalue weighted by atomic mass is 35.5. The smallest absolute Gasteiger partial charge is 0.268 e. The van der Waals surface area contributed by atoms with Crippen LogP contribution < -0.4 is 5.73 Å². The van der Waals surface area contributed by atoms with Gasteiger partial charge in [0.15, 0.2) is 5.58 Å². The van der Waals surface area contributed by atoms with E-state index in [0.717, 1.165) is 16.6 Å². The van der Waals surface area contributed by atoms with Crippen LogP contribution in [0, 0.1) is 0 Å². The zero-order valence-electron chi connectivity index (χ0n) is 16.7. The molecule has 31 heavy (non-hydrogen) atoms. The van der Waals surface area contributed by atoms with Crippen molar-refractivity contribution in [3.63, 3.8) is 0 Å². The lowest BCUT2D eigenvalue weighted by Gasteiger charge is -2.21. The number of fused-ring (bicyclic) bond motifs is 1. The van der Waals surface area contributed by atoms with E-state index in [2.05, 4.69) is 9.97 Å². The van der Waals surface area contributed by atoms with Crippen molar-refractivity contribution in [2.75, 3.05) is 0 Å². The molecule has 4 aromatic rings. The predicted molar refractivity (Wildman–Crippen MR) is 121 cm³/mol. The van der Waals surface area contributed by atoms with E-state index in [1.165, 1.54) is 6.33 Å². The number of aliphatic hydroxyl groups excluding tert-OH is 1. The molecule has 0 aliphatic heterocycles. The van der Waals surface area contributed by atoms with Gasteiger partial charge in [-0.15, -0.1) is 12.4 Å². The number of hydrogen-bond donors (Lipinski definition) is 2. The molecule has 0 aliphatic carbocycles. The Bertz CT molecular complexity index is 1190. The van der Waals surface area contributed by atoms with Crippen LogP contribution in [0.5, 0.6) is 0 Å². The molecule has 2 heterocycles. The summed E-state index contributed by atoms with van der Waals surface area (Å²) in [5.74, 6) is -0.0675. The lowest BCUT2D eigenvalue weighted by molar-refractivity contribution is 0.0994. The minimum absolute atomic E-state index is 0. The number of carbonyl (C=O) groups is 1. The Morgan fingerprint density at radius 2 is 2.00 bits per heavy atom. The summed E-state index contributed by atoms with van der Waals surface area (Å²) in [7, 11) is 0. The van der Waals surface area contributed by atoms with Crippen molar-refractivity contribution in [1.29, 1.82) is 0 Å². The van der Waals surface area contributed by atoms with Gasteiger partial charge < -0.3 is 19.8 Å². The number of benzene rings is 2. The van der Waals surface area contributed by atoms with Crippen molar-refractivity contribution in [2.45, 2.75) is 31.9 Å². The lowest BCUT2D eigenvalue weighted by Crippen LogP contribution is -2.21. The second-order valence-electron chi connectivity index (χ2n) is 7.21. The quantitative estimate of drug-likeness (QED) is 0.424. The van der Waals surface area contributed by atoms with Crippen LogP contribution in [-0.2, 0) is 6.42 Å². The van der Waals surface area contributed by atoms with E-state index in [1.807, 2.05) is 30.3 Å². The fraction of sp³-hybridized carbons (Fsp3) is 0.227. The molecule has 162 valence electrons. The topological polar surface area (TPSA) is 107 Å². The highest BCUT2D eigenvalue weighted by Gasteiger charge is 2.20. The van der Waals surface area contributed by atoms with Crippen molar-refractivity contribution in [1.82, 2.24) is 14.5 Å². The van der Waals surface area contributed by atoms with Gasteiger partial charge in [0.25, 0.3) is 5.91 Å². The predicted octanol–water partition coefficient (Wildman–Crippen LogP) is 4.42. The number of nitrogens with zero attached hydrogens (tertiary/aromatic N) is 3. The van der Waals surface area contributed by atoms with Crippen molar-refractivity contribution in [3.8, 4) is 11.5 Å². The molecule has 2 atom stereocenters. The number of rotatable bonds is 7. The maximum absolute atomic E-state index is 11.3. The average Bonchev–Trinajstić information content (AvgIpc) is 3.36. The maximum atomic E-state index is 11.3. The molecule has 4 rings (SSSR count). The molecule has 0 unspecified atom stereocenters. The van der Waals surface area contributed by atoms with Gasteiger partial charge in [-0.3, -0.25) is 4.79 Å². The maximum Gasteiger partial charge on any atom is 0.268 e. The Balaban J connectivity index is 0.00000272. The van der Waals surface area contributed by atoms with Crippen LogP contribution in [0.2, 0.25) is 5.02 Å². The summed E-state index contributed by atoms with van der Waals surface area (Å²) in [4.78, 5) is 20.0. The first-order chi connectivity index (χ1) is 14.4. The summed E-state index contributed by atoms with van der Waals surface area (Å²) >= 11 is 5.97. The first-order valence-corrected chi connectivity index (χ1v) is 9.96. The molecule has 0 fully saturated rings. The number of aryl methyl sites for hydroxylation is 1. The van der Waals surface area contributed by atoms with Crippen LogP contribution >= 0.6 is 24.0 Å². The Labute approximate surface area is 190 Å². The molecule has 0 saturated carbocycles. The van der Waals surface area contributed by atoms with Crippen LogP contribution in [0.3, 0.4) is 0 Å². The third-order valence-electron chi connectivity index (χ3n) is 5.10. The van der Waals surface area contributed by atoms with Gasteiger partial charge in [0, 0.05) is 16.8 Å². The molecule has 7 nitrogen and oxygen atoms in total. The molecule has 0 aliphatic rings. The summed E-state index contributed by atoms with van der Waals surface area (Å²) in [5, 5.41) is 10.9. The van der Waals surface area contributed by atoms with E-state index in [-0.39, 0.29) is 24.1 Å². The molecular weight excluding hydrogens is 439 g/mol. The second-order valence-corrected chi connectivity index (χ2v) is 7.64. The van der Waals surface area contributed by atoms with E-state index in [4.69, 9.17) is 21.8 Å². The number of halogens is 2. The van der Waals surface area contributed by atoms with Crippen LogP contribution in [-0.4, -0.2) is 31.7 Å². The Morgan fingerprint density at radius 3 is 2.65 bits per heavy atom. The fourth-order valence-corrected chi connectivity index (χ4v) is 3.64. The van der Waals surface area contributed by atoms with Gasteiger partial charge in [-0.25, -0.2) is 9.97 Å². The van der Waals surface area contributed by atoms with Gasteiger partial charge in [0.1, 0.15) is 11.2 Å². The highest BCUT2D eigenvalue weighted by Crippen LogP contribution is 2.29. The molecule has 2 aromatic carbocycles. The van der Waals surface area contributed by atoms with Crippen LogP contribution in [0.1, 0.15) is 35.4 Å². The summed E-state index contributed by atoms with van der Waals surface area (Å²) in [6, 6.07) is 12.9. The largest absolute Gasteiger partial charge is 0.436 e. The lowest BCUT2D eigenvalue weighted by atomic mass is 10.0.